The zero-order chi connectivity index (χ0) is 16.0. The second-order valence-electron chi connectivity index (χ2n) is 6.86. The van der Waals surface area contributed by atoms with Gasteiger partial charge in [-0.2, -0.15) is 0 Å². The van der Waals surface area contributed by atoms with Crippen LogP contribution in [0.4, 0.5) is 0 Å². The van der Waals surface area contributed by atoms with Crippen LogP contribution in [0.2, 0.25) is 0 Å². The zero-order valence-electron chi connectivity index (χ0n) is 13.3. The van der Waals surface area contributed by atoms with Gasteiger partial charge in [-0.25, -0.2) is 4.79 Å². The van der Waals surface area contributed by atoms with Gasteiger partial charge in [-0.1, -0.05) is 39.8 Å². The van der Waals surface area contributed by atoms with Crippen molar-refractivity contribution in [1.29, 1.82) is 0 Å². The van der Waals surface area contributed by atoms with Gasteiger partial charge < -0.3 is 10.4 Å². The van der Waals surface area contributed by atoms with Gasteiger partial charge in [0.25, 0.3) is 0 Å². The summed E-state index contributed by atoms with van der Waals surface area (Å²) in [4.78, 5) is 22.8. The molecule has 0 spiro atoms. The number of nitrogens with one attached hydrogen (secondary N) is 1. The molecule has 4 heteroatoms. The molecular formula is C17H25NO3. The second-order valence-corrected chi connectivity index (χ2v) is 6.86. The molecule has 1 aromatic carbocycles. The smallest absolute Gasteiger partial charge is 0.335 e. The van der Waals surface area contributed by atoms with Crippen LogP contribution >= 0.6 is 0 Å². The monoisotopic (exact) mass is 291 g/mol. The minimum absolute atomic E-state index is 0.00692. The molecule has 1 amide bonds. The molecule has 0 fully saturated rings. The van der Waals surface area contributed by atoms with E-state index < -0.39 is 5.97 Å². The molecule has 0 bridgehead atoms. The highest BCUT2D eigenvalue weighted by atomic mass is 16.4. The molecule has 0 aliphatic carbocycles. The Kier molecular flexibility index (Phi) is 5.94. The van der Waals surface area contributed by atoms with Gasteiger partial charge in [0.15, 0.2) is 0 Å². The van der Waals surface area contributed by atoms with Crippen molar-refractivity contribution in [3.05, 3.63) is 35.4 Å². The fourth-order valence-corrected chi connectivity index (χ4v) is 2.52. The SMILES string of the molecule is CC(CC(=O)NCc1cccc(C(=O)O)c1)CC(C)(C)C. The fourth-order valence-electron chi connectivity index (χ4n) is 2.52. The van der Waals surface area contributed by atoms with Gasteiger partial charge in [-0.3, -0.25) is 4.79 Å². The molecule has 0 aromatic heterocycles. The first-order valence-corrected chi connectivity index (χ1v) is 7.26. The van der Waals surface area contributed by atoms with E-state index in [0.717, 1.165) is 12.0 Å². The summed E-state index contributed by atoms with van der Waals surface area (Å²) in [5.41, 5.74) is 1.25. The number of hydrogen-bond acceptors (Lipinski definition) is 2. The molecule has 1 unspecified atom stereocenters. The van der Waals surface area contributed by atoms with Crippen LogP contribution in [-0.4, -0.2) is 17.0 Å². The van der Waals surface area contributed by atoms with Crippen LogP contribution in [-0.2, 0) is 11.3 Å². The minimum Gasteiger partial charge on any atom is -0.478 e. The number of carbonyl (C=O) groups is 2. The van der Waals surface area contributed by atoms with Crippen molar-refractivity contribution in [2.45, 2.75) is 47.1 Å². The topological polar surface area (TPSA) is 66.4 Å². The van der Waals surface area contributed by atoms with Gasteiger partial charge in [0, 0.05) is 13.0 Å². The van der Waals surface area contributed by atoms with Crippen LogP contribution in [0.1, 0.15) is 56.5 Å². The number of benzene rings is 1. The predicted octanol–water partition coefficient (Wildman–Crippen LogP) is 3.46. The van der Waals surface area contributed by atoms with Crippen LogP contribution in [0.15, 0.2) is 24.3 Å². The third-order valence-corrected chi connectivity index (χ3v) is 3.16. The van der Waals surface area contributed by atoms with Gasteiger partial charge in [0.2, 0.25) is 5.91 Å². The van der Waals surface area contributed by atoms with Gasteiger partial charge in [-0.05, 0) is 35.4 Å². The molecule has 2 N–H and O–H groups in total. The maximum atomic E-state index is 11.9. The van der Waals surface area contributed by atoms with Crippen LogP contribution < -0.4 is 5.32 Å². The normalized spacial score (nSPS) is 12.8. The first-order chi connectivity index (χ1) is 9.67. The lowest BCUT2D eigenvalue weighted by atomic mass is 9.84. The first kappa shape index (κ1) is 17.2. The summed E-state index contributed by atoms with van der Waals surface area (Å²) in [6, 6.07) is 6.62. The van der Waals surface area contributed by atoms with Gasteiger partial charge in [0.1, 0.15) is 0 Å². The van der Waals surface area contributed by atoms with E-state index in [2.05, 4.69) is 33.0 Å². The lowest BCUT2D eigenvalue weighted by molar-refractivity contribution is -0.122. The number of carbonyl (C=O) groups excluding carboxylic acids is 1. The standard InChI is InChI=1S/C17H25NO3/c1-12(10-17(2,3)4)8-15(19)18-11-13-6-5-7-14(9-13)16(20)21/h5-7,9,12H,8,10-11H2,1-4H3,(H,18,19)(H,20,21). The Hall–Kier alpha value is -1.84. The molecule has 0 radical (unpaired) electrons. The molecule has 116 valence electrons. The quantitative estimate of drug-likeness (QED) is 0.843. The molecule has 1 atom stereocenters. The number of carboxylic acids is 1. The number of aromatic carboxylic acids is 1. The van der Waals surface area contributed by atoms with E-state index in [1.54, 1.807) is 18.2 Å². The highest BCUT2D eigenvalue weighted by molar-refractivity contribution is 5.87. The summed E-state index contributed by atoms with van der Waals surface area (Å²) in [6.07, 6.45) is 1.49. The molecule has 0 aliphatic rings. The summed E-state index contributed by atoms with van der Waals surface area (Å²) in [5.74, 6) is -0.621. The molecule has 0 saturated heterocycles. The van der Waals surface area contributed by atoms with E-state index in [4.69, 9.17) is 5.11 Å². The Bertz CT molecular complexity index is 503. The third-order valence-electron chi connectivity index (χ3n) is 3.16. The second kappa shape index (κ2) is 7.25. The van der Waals surface area contributed by atoms with Crippen molar-refractivity contribution in [2.75, 3.05) is 0 Å². The molecule has 1 rings (SSSR count). The highest BCUT2D eigenvalue weighted by Gasteiger charge is 2.17. The fraction of sp³-hybridized carbons (Fsp3) is 0.529. The maximum absolute atomic E-state index is 11.9. The van der Waals surface area contributed by atoms with Crippen molar-refractivity contribution in [3.63, 3.8) is 0 Å². The summed E-state index contributed by atoms with van der Waals surface area (Å²) in [7, 11) is 0. The lowest BCUT2D eigenvalue weighted by Crippen LogP contribution is -2.25. The van der Waals surface area contributed by atoms with Crippen LogP contribution in [0.25, 0.3) is 0 Å². The molecule has 0 aliphatic heterocycles. The zero-order valence-corrected chi connectivity index (χ0v) is 13.3. The van der Waals surface area contributed by atoms with Crippen LogP contribution in [0.5, 0.6) is 0 Å². The summed E-state index contributed by atoms with van der Waals surface area (Å²) in [5, 5.41) is 11.8. The highest BCUT2D eigenvalue weighted by Crippen LogP contribution is 2.25. The van der Waals surface area contributed by atoms with Crippen molar-refractivity contribution >= 4 is 11.9 Å². The predicted molar refractivity (Wildman–Crippen MR) is 83.1 cm³/mol. The minimum atomic E-state index is -0.957. The van der Waals surface area contributed by atoms with Crippen molar-refractivity contribution in [1.82, 2.24) is 5.32 Å². The van der Waals surface area contributed by atoms with E-state index in [-0.39, 0.29) is 16.9 Å². The Morgan fingerprint density at radius 3 is 2.52 bits per heavy atom. The molecular weight excluding hydrogens is 266 g/mol. The Labute approximate surface area is 126 Å². The molecule has 0 saturated carbocycles. The maximum Gasteiger partial charge on any atom is 0.335 e. The summed E-state index contributed by atoms with van der Waals surface area (Å²) < 4.78 is 0. The van der Waals surface area contributed by atoms with Crippen molar-refractivity contribution in [2.24, 2.45) is 11.3 Å². The number of rotatable bonds is 6. The van der Waals surface area contributed by atoms with Crippen LogP contribution in [0, 0.1) is 11.3 Å². The Morgan fingerprint density at radius 2 is 1.95 bits per heavy atom. The van der Waals surface area contributed by atoms with E-state index >= 15 is 0 Å². The average Bonchev–Trinajstić information content (AvgIpc) is 2.34. The number of carboxylic acid groups (broad SMARTS) is 1. The molecule has 0 heterocycles. The van der Waals surface area contributed by atoms with Crippen molar-refractivity contribution in [3.8, 4) is 0 Å². The van der Waals surface area contributed by atoms with E-state index in [9.17, 15) is 9.59 Å². The molecule has 4 nitrogen and oxygen atoms in total. The number of hydrogen-bond donors (Lipinski definition) is 2. The summed E-state index contributed by atoms with van der Waals surface area (Å²) >= 11 is 0. The number of amides is 1. The van der Waals surface area contributed by atoms with Gasteiger partial charge >= 0.3 is 5.97 Å². The molecule has 1 aromatic rings. The average molecular weight is 291 g/mol. The van der Waals surface area contributed by atoms with E-state index in [1.807, 2.05) is 6.07 Å². The Balaban J connectivity index is 2.46. The van der Waals surface area contributed by atoms with Gasteiger partial charge in [0.05, 0.1) is 5.56 Å². The van der Waals surface area contributed by atoms with Gasteiger partial charge in [-0.15, -0.1) is 0 Å². The third kappa shape index (κ3) is 6.93. The molecule has 21 heavy (non-hydrogen) atoms. The van der Waals surface area contributed by atoms with E-state index in [0.29, 0.717) is 18.9 Å². The van der Waals surface area contributed by atoms with Crippen LogP contribution in [0.3, 0.4) is 0 Å². The van der Waals surface area contributed by atoms with E-state index in [1.165, 1.54) is 0 Å². The first-order valence-electron chi connectivity index (χ1n) is 7.26. The Morgan fingerprint density at radius 1 is 1.29 bits per heavy atom. The largest absolute Gasteiger partial charge is 0.478 e. The summed E-state index contributed by atoms with van der Waals surface area (Å²) in [6.45, 7) is 8.94. The van der Waals surface area contributed by atoms with Crippen molar-refractivity contribution < 1.29 is 14.7 Å². The lowest BCUT2D eigenvalue weighted by Gasteiger charge is -2.22.